The highest BCUT2D eigenvalue weighted by Gasteiger charge is 2.26. The number of hydrogen-bond acceptors (Lipinski definition) is 3. The van der Waals surface area contributed by atoms with Crippen molar-refractivity contribution in [2.45, 2.75) is 0 Å². The van der Waals surface area contributed by atoms with Crippen molar-refractivity contribution < 1.29 is 9.90 Å². The highest BCUT2D eigenvalue weighted by atomic mass is 35.5. The summed E-state index contributed by atoms with van der Waals surface area (Å²) in [5, 5.41) is 10.1. The van der Waals surface area contributed by atoms with E-state index in [0.717, 1.165) is 5.56 Å². The molecule has 1 N–H and O–H groups in total. The molecule has 106 valence electrons. The summed E-state index contributed by atoms with van der Waals surface area (Å²) in [5.74, 6) is 0.509. The molecule has 21 heavy (non-hydrogen) atoms. The molecule has 2 aromatic carbocycles. The summed E-state index contributed by atoms with van der Waals surface area (Å²) < 4.78 is 0. The Morgan fingerprint density at radius 3 is 2.76 bits per heavy atom. The van der Waals surface area contributed by atoms with Crippen molar-refractivity contribution in [3.05, 3.63) is 64.7 Å². The molecule has 0 spiro atoms. The van der Waals surface area contributed by atoms with E-state index in [1.807, 2.05) is 12.1 Å². The van der Waals surface area contributed by atoms with E-state index in [4.69, 9.17) is 11.6 Å². The van der Waals surface area contributed by atoms with Crippen LogP contribution in [0.25, 0.3) is 0 Å². The van der Waals surface area contributed by atoms with Crippen LogP contribution < -0.4 is 0 Å². The molecule has 0 fully saturated rings. The molecule has 1 amide bonds. The van der Waals surface area contributed by atoms with Gasteiger partial charge in [-0.25, -0.2) is 0 Å². The monoisotopic (exact) mass is 300 g/mol. The third kappa shape index (κ3) is 2.76. The molecular formula is C16H13ClN2O2. The lowest BCUT2D eigenvalue weighted by Crippen LogP contribution is -2.34. The predicted molar refractivity (Wildman–Crippen MR) is 82.0 cm³/mol. The summed E-state index contributed by atoms with van der Waals surface area (Å²) in [6, 6.07) is 13.6. The standard InChI is InChI=1S/C16H13ClN2O2/c17-13-5-1-3-11(9-13)15-18-7-8-19(15)16(21)12-4-2-6-14(20)10-12/h1-6,9-10,20H,7-8H2. The fourth-order valence-corrected chi connectivity index (χ4v) is 2.50. The van der Waals surface area contributed by atoms with E-state index in [1.54, 1.807) is 29.2 Å². The van der Waals surface area contributed by atoms with Gasteiger partial charge in [-0.05, 0) is 30.3 Å². The molecule has 1 heterocycles. The number of amides is 1. The van der Waals surface area contributed by atoms with Gasteiger partial charge in [0.1, 0.15) is 11.6 Å². The minimum Gasteiger partial charge on any atom is -0.508 e. The van der Waals surface area contributed by atoms with Crippen LogP contribution in [0.5, 0.6) is 5.75 Å². The second-order valence-corrected chi connectivity index (χ2v) is 5.16. The number of phenols is 1. The predicted octanol–water partition coefficient (Wildman–Crippen LogP) is 2.95. The first-order valence-electron chi connectivity index (χ1n) is 6.56. The zero-order chi connectivity index (χ0) is 14.8. The van der Waals surface area contributed by atoms with Gasteiger partial charge in [0, 0.05) is 22.7 Å². The van der Waals surface area contributed by atoms with Crippen LogP contribution in [-0.4, -0.2) is 34.8 Å². The first-order valence-corrected chi connectivity index (χ1v) is 6.94. The molecule has 0 aromatic heterocycles. The van der Waals surface area contributed by atoms with E-state index in [9.17, 15) is 9.90 Å². The zero-order valence-corrected chi connectivity index (χ0v) is 11.9. The summed E-state index contributed by atoms with van der Waals surface area (Å²) in [7, 11) is 0. The maximum atomic E-state index is 12.6. The van der Waals surface area contributed by atoms with Crippen LogP contribution >= 0.6 is 11.6 Å². The van der Waals surface area contributed by atoms with Gasteiger partial charge in [-0.15, -0.1) is 0 Å². The third-order valence-electron chi connectivity index (χ3n) is 3.26. The molecule has 0 bridgehead atoms. The van der Waals surface area contributed by atoms with Crippen LogP contribution in [0, 0.1) is 0 Å². The lowest BCUT2D eigenvalue weighted by molar-refractivity contribution is 0.0858. The Hall–Kier alpha value is -2.33. The average molecular weight is 301 g/mol. The molecule has 0 aliphatic carbocycles. The van der Waals surface area contributed by atoms with Gasteiger partial charge in [-0.3, -0.25) is 14.7 Å². The Bertz CT molecular complexity index is 728. The average Bonchev–Trinajstić information content (AvgIpc) is 2.96. The second-order valence-electron chi connectivity index (χ2n) is 4.72. The lowest BCUT2D eigenvalue weighted by Gasteiger charge is -2.18. The van der Waals surface area contributed by atoms with Crippen LogP contribution in [-0.2, 0) is 0 Å². The fourth-order valence-electron chi connectivity index (χ4n) is 2.31. The number of halogens is 1. The van der Waals surface area contributed by atoms with Crippen molar-refractivity contribution in [1.29, 1.82) is 0 Å². The second kappa shape index (κ2) is 5.58. The molecular weight excluding hydrogens is 288 g/mol. The van der Waals surface area contributed by atoms with Crippen molar-refractivity contribution in [2.75, 3.05) is 13.1 Å². The van der Waals surface area contributed by atoms with Gasteiger partial charge in [0.05, 0.1) is 6.54 Å². The molecule has 5 heteroatoms. The largest absolute Gasteiger partial charge is 0.508 e. The maximum Gasteiger partial charge on any atom is 0.259 e. The Morgan fingerprint density at radius 1 is 1.19 bits per heavy atom. The van der Waals surface area contributed by atoms with Crippen molar-refractivity contribution in [3.8, 4) is 5.75 Å². The number of phenolic OH excluding ortho intramolecular Hbond substituents is 1. The molecule has 0 radical (unpaired) electrons. The number of nitrogens with zero attached hydrogens (tertiary/aromatic N) is 2. The number of carbonyl (C=O) groups is 1. The smallest absolute Gasteiger partial charge is 0.259 e. The first-order chi connectivity index (χ1) is 10.1. The van der Waals surface area contributed by atoms with Crippen LogP contribution in [0.4, 0.5) is 0 Å². The SMILES string of the molecule is O=C(c1cccc(O)c1)N1CCN=C1c1cccc(Cl)c1. The fraction of sp³-hybridized carbons (Fsp3) is 0.125. The topological polar surface area (TPSA) is 52.9 Å². The summed E-state index contributed by atoms with van der Waals surface area (Å²) in [4.78, 5) is 18.6. The molecule has 3 rings (SSSR count). The van der Waals surface area contributed by atoms with E-state index < -0.39 is 0 Å². The summed E-state index contributed by atoms with van der Waals surface area (Å²) in [6.07, 6.45) is 0. The normalized spacial score (nSPS) is 14.1. The minimum absolute atomic E-state index is 0.0706. The zero-order valence-electron chi connectivity index (χ0n) is 11.2. The van der Waals surface area contributed by atoms with Gasteiger partial charge in [-0.1, -0.05) is 29.8 Å². The highest BCUT2D eigenvalue weighted by Crippen LogP contribution is 2.19. The Labute approximate surface area is 127 Å². The molecule has 1 aliphatic heterocycles. The van der Waals surface area contributed by atoms with Gasteiger partial charge >= 0.3 is 0 Å². The molecule has 0 saturated heterocycles. The van der Waals surface area contributed by atoms with E-state index in [-0.39, 0.29) is 11.7 Å². The molecule has 1 aliphatic rings. The molecule has 4 nitrogen and oxygen atoms in total. The molecule has 0 atom stereocenters. The van der Waals surface area contributed by atoms with Crippen LogP contribution in [0.15, 0.2) is 53.5 Å². The maximum absolute atomic E-state index is 12.6. The van der Waals surface area contributed by atoms with E-state index in [0.29, 0.717) is 29.5 Å². The van der Waals surface area contributed by atoms with Gasteiger partial charge in [0.15, 0.2) is 0 Å². The summed E-state index contributed by atoms with van der Waals surface area (Å²) in [6.45, 7) is 1.09. The lowest BCUT2D eigenvalue weighted by atomic mass is 10.1. The number of aliphatic imine (C=N–C) groups is 1. The van der Waals surface area contributed by atoms with Gasteiger partial charge in [-0.2, -0.15) is 0 Å². The quantitative estimate of drug-likeness (QED) is 0.927. The Morgan fingerprint density at radius 2 is 2.00 bits per heavy atom. The van der Waals surface area contributed by atoms with Crippen molar-refractivity contribution >= 4 is 23.3 Å². The molecule has 0 saturated carbocycles. The first kappa shape index (κ1) is 13.6. The van der Waals surface area contributed by atoms with Gasteiger partial charge < -0.3 is 5.11 Å². The van der Waals surface area contributed by atoms with Crippen LogP contribution in [0.3, 0.4) is 0 Å². The van der Waals surface area contributed by atoms with E-state index in [1.165, 1.54) is 12.1 Å². The number of hydrogen-bond donors (Lipinski definition) is 1. The van der Waals surface area contributed by atoms with E-state index in [2.05, 4.69) is 4.99 Å². The molecule has 0 unspecified atom stereocenters. The molecule has 2 aromatic rings. The number of benzene rings is 2. The minimum atomic E-state index is -0.179. The van der Waals surface area contributed by atoms with Crippen molar-refractivity contribution in [1.82, 2.24) is 4.90 Å². The van der Waals surface area contributed by atoms with Crippen LogP contribution in [0.2, 0.25) is 5.02 Å². The van der Waals surface area contributed by atoms with Crippen molar-refractivity contribution in [3.63, 3.8) is 0 Å². The summed E-state index contributed by atoms with van der Waals surface area (Å²) in [5.41, 5.74) is 1.25. The van der Waals surface area contributed by atoms with Crippen molar-refractivity contribution in [2.24, 2.45) is 4.99 Å². The number of rotatable bonds is 2. The summed E-state index contributed by atoms with van der Waals surface area (Å²) >= 11 is 6.00. The number of carbonyl (C=O) groups excluding carboxylic acids is 1. The Kier molecular flexibility index (Phi) is 3.62. The van der Waals surface area contributed by atoms with E-state index >= 15 is 0 Å². The van der Waals surface area contributed by atoms with Crippen LogP contribution in [0.1, 0.15) is 15.9 Å². The number of amidine groups is 1. The number of aromatic hydroxyl groups is 1. The van der Waals surface area contributed by atoms with Gasteiger partial charge in [0.2, 0.25) is 0 Å². The third-order valence-corrected chi connectivity index (χ3v) is 3.50. The highest BCUT2D eigenvalue weighted by molar-refractivity contribution is 6.31. The van der Waals surface area contributed by atoms with Gasteiger partial charge in [0.25, 0.3) is 5.91 Å². The Balaban J connectivity index is 1.92.